The molecular formula is C16H26N2O2. The van der Waals surface area contributed by atoms with Gasteiger partial charge in [-0.3, -0.25) is 4.90 Å². The summed E-state index contributed by atoms with van der Waals surface area (Å²) in [5.74, 6) is 0.958. The van der Waals surface area contributed by atoms with Crippen LogP contribution in [-0.4, -0.2) is 57.4 Å². The van der Waals surface area contributed by atoms with Gasteiger partial charge in [0.2, 0.25) is 0 Å². The third-order valence-electron chi connectivity index (χ3n) is 3.44. The highest BCUT2D eigenvalue weighted by atomic mass is 16.5. The van der Waals surface area contributed by atoms with Crippen molar-refractivity contribution < 1.29 is 9.47 Å². The first kappa shape index (κ1) is 15.3. The smallest absolute Gasteiger partial charge is 0.119 e. The lowest BCUT2D eigenvalue weighted by atomic mass is 10.3. The van der Waals surface area contributed by atoms with Gasteiger partial charge in [-0.15, -0.1) is 0 Å². The van der Waals surface area contributed by atoms with Crippen molar-refractivity contribution in [3.05, 3.63) is 30.3 Å². The van der Waals surface area contributed by atoms with E-state index in [0.29, 0.717) is 0 Å². The number of nitrogens with zero attached hydrogens (tertiary/aromatic N) is 1. The molecule has 0 amide bonds. The van der Waals surface area contributed by atoms with Crippen LogP contribution in [0.15, 0.2) is 30.3 Å². The van der Waals surface area contributed by atoms with Gasteiger partial charge in [0, 0.05) is 13.1 Å². The zero-order chi connectivity index (χ0) is 13.9. The van der Waals surface area contributed by atoms with E-state index in [1.54, 1.807) is 0 Å². The number of morpholine rings is 1. The third kappa shape index (κ3) is 6.37. The average Bonchev–Trinajstić information content (AvgIpc) is 2.52. The summed E-state index contributed by atoms with van der Waals surface area (Å²) >= 11 is 0. The molecule has 4 heteroatoms. The summed E-state index contributed by atoms with van der Waals surface area (Å²) in [5, 5.41) is 3.47. The Hall–Kier alpha value is -1.10. The van der Waals surface area contributed by atoms with E-state index in [1.807, 2.05) is 30.3 Å². The van der Waals surface area contributed by atoms with Gasteiger partial charge in [0.05, 0.1) is 19.8 Å². The number of benzene rings is 1. The molecule has 0 aromatic heterocycles. The fourth-order valence-corrected chi connectivity index (χ4v) is 2.28. The molecule has 2 rings (SSSR count). The first-order valence-corrected chi connectivity index (χ1v) is 7.64. The van der Waals surface area contributed by atoms with Crippen LogP contribution >= 0.6 is 0 Å². The van der Waals surface area contributed by atoms with E-state index in [9.17, 15) is 0 Å². The second-order valence-electron chi connectivity index (χ2n) is 5.07. The van der Waals surface area contributed by atoms with Crippen LogP contribution in [0.3, 0.4) is 0 Å². The lowest BCUT2D eigenvalue weighted by Gasteiger charge is -2.26. The summed E-state index contributed by atoms with van der Waals surface area (Å²) in [6.07, 6.45) is 2.26. The number of para-hydroxylation sites is 1. The SMILES string of the molecule is c1ccc(OCCCNCCCN2CCOCC2)cc1. The number of hydrogen-bond donors (Lipinski definition) is 1. The van der Waals surface area contributed by atoms with Gasteiger partial charge in [0.15, 0.2) is 0 Å². The van der Waals surface area contributed by atoms with Gasteiger partial charge in [-0.2, -0.15) is 0 Å². The fraction of sp³-hybridized carbons (Fsp3) is 0.625. The largest absolute Gasteiger partial charge is 0.494 e. The predicted octanol–water partition coefficient (Wildman–Crippen LogP) is 1.77. The van der Waals surface area contributed by atoms with Crippen LogP contribution < -0.4 is 10.1 Å². The minimum absolute atomic E-state index is 0.778. The van der Waals surface area contributed by atoms with Crippen LogP contribution in [0.2, 0.25) is 0 Å². The normalized spacial score (nSPS) is 16.2. The van der Waals surface area contributed by atoms with Crippen LogP contribution in [0, 0.1) is 0 Å². The molecule has 0 saturated carbocycles. The van der Waals surface area contributed by atoms with E-state index in [4.69, 9.17) is 9.47 Å². The number of ether oxygens (including phenoxy) is 2. The first-order valence-electron chi connectivity index (χ1n) is 7.64. The number of nitrogens with one attached hydrogen (secondary N) is 1. The quantitative estimate of drug-likeness (QED) is 0.698. The first-order chi connectivity index (χ1) is 9.95. The van der Waals surface area contributed by atoms with E-state index in [0.717, 1.165) is 58.2 Å². The van der Waals surface area contributed by atoms with Gasteiger partial charge in [0.25, 0.3) is 0 Å². The van der Waals surface area contributed by atoms with Gasteiger partial charge in [-0.05, 0) is 44.6 Å². The van der Waals surface area contributed by atoms with Crippen LogP contribution in [-0.2, 0) is 4.74 Å². The molecule has 0 unspecified atom stereocenters. The summed E-state index contributed by atoms with van der Waals surface area (Å²) in [7, 11) is 0. The Morgan fingerprint density at radius 3 is 2.60 bits per heavy atom. The van der Waals surface area contributed by atoms with Gasteiger partial charge in [-0.25, -0.2) is 0 Å². The minimum Gasteiger partial charge on any atom is -0.494 e. The molecular weight excluding hydrogens is 252 g/mol. The molecule has 20 heavy (non-hydrogen) atoms. The standard InChI is InChI=1S/C16H26N2O2/c1-2-6-16(7-3-1)20-13-5-9-17-8-4-10-18-11-14-19-15-12-18/h1-3,6-7,17H,4-5,8-15H2. The van der Waals surface area contributed by atoms with Gasteiger partial charge in [-0.1, -0.05) is 18.2 Å². The summed E-state index contributed by atoms with van der Waals surface area (Å²) in [5.41, 5.74) is 0. The molecule has 0 spiro atoms. The summed E-state index contributed by atoms with van der Waals surface area (Å²) < 4.78 is 11.0. The third-order valence-corrected chi connectivity index (χ3v) is 3.44. The molecule has 112 valence electrons. The van der Waals surface area contributed by atoms with E-state index in [2.05, 4.69) is 10.2 Å². The van der Waals surface area contributed by atoms with E-state index in [-0.39, 0.29) is 0 Å². The van der Waals surface area contributed by atoms with Crippen LogP contribution in [0.5, 0.6) is 5.75 Å². The molecule has 1 N–H and O–H groups in total. The van der Waals surface area contributed by atoms with Crippen molar-refractivity contribution in [2.24, 2.45) is 0 Å². The Balaban J connectivity index is 1.38. The Bertz CT molecular complexity index is 340. The van der Waals surface area contributed by atoms with Crippen LogP contribution in [0.1, 0.15) is 12.8 Å². The molecule has 1 saturated heterocycles. The topological polar surface area (TPSA) is 33.7 Å². The highest BCUT2D eigenvalue weighted by Crippen LogP contribution is 2.07. The van der Waals surface area contributed by atoms with E-state index >= 15 is 0 Å². The zero-order valence-corrected chi connectivity index (χ0v) is 12.2. The second kappa shape index (κ2) is 9.75. The van der Waals surface area contributed by atoms with Crippen molar-refractivity contribution in [3.8, 4) is 5.75 Å². The maximum absolute atomic E-state index is 5.65. The second-order valence-corrected chi connectivity index (χ2v) is 5.07. The molecule has 1 fully saturated rings. The Morgan fingerprint density at radius 1 is 1.05 bits per heavy atom. The van der Waals surface area contributed by atoms with Crippen molar-refractivity contribution >= 4 is 0 Å². The predicted molar refractivity (Wildman–Crippen MR) is 81.3 cm³/mol. The molecule has 1 heterocycles. The van der Waals surface area contributed by atoms with E-state index in [1.165, 1.54) is 13.0 Å². The zero-order valence-electron chi connectivity index (χ0n) is 12.2. The van der Waals surface area contributed by atoms with Crippen LogP contribution in [0.25, 0.3) is 0 Å². The molecule has 0 radical (unpaired) electrons. The maximum Gasteiger partial charge on any atom is 0.119 e. The molecule has 0 bridgehead atoms. The molecule has 1 aromatic rings. The van der Waals surface area contributed by atoms with E-state index < -0.39 is 0 Å². The molecule has 0 atom stereocenters. The molecule has 4 nitrogen and oxygen atoms in total. The molecule has 1 aromatic carbocycles. The van der Waals surface area contributed by atoms with Crippen molar-refractivity contribution in [1.82, 2.24) is 10.2 Å². The van der Waals surface area contributed by atoms with Crippen molar-refractivity contribution in [3.63, 3.8) is 0 Å². The van der Waals surface area contributed by atoms with Gasteiger partial charge < -0.3 is 14.8 Å². The minimum atomic E-state index is 0.778. The lowest BCUT2D eigenvalue weighted by Crippen LogP contribution is -2.37. The summed E-state index contributed by atoms with van der Waals surface area (Å²) in [6, 6.07) is 9.99. The average molecular weight is 278 g/mol. The van der Waals surface area contributed by atoms with Crippen LogP contribution in [0.4, 0.5) is 0 Å². The fourth-order valence-electron chi connectivity index (χ4n) is 2.28. The van der Waals surface area contributed by atoms with Gasteiger partial charge in [0.1, 0.15) is 5.75 Å². The van der Waals surface area contributed by atoms with Crippen molar-refractivity contribution in [2.45, 2.75) is 12.8 Å². The monoisotopic (exact) mass is 278 g/mol. The molecule has 1 aliphatic heterocycles. The molecule has 1 aliphatic rings. The van der Waals surface area contributed by atoms with Gasteiger partial charge >= 0.3 is 0 Å². The summed E-state index contributed by atoms with van der Waals surface area (Å²) in [6.45, 7) is 8.03. The highest BCUT2D eigenvalue weighted by Gasteiger charge is 2.08. The highest BCUT2D eigenvalue weighted by molar-refractivity contribution is 5.20. The Kier molecular flexibility index (Phi) is 7.45. The Labute approximate surface area is 122 Å². The maximum atomic E-state index is 5.65. The summed E-state index contributed by atoms with van der Waals surface area (Å²) in [4.78, 5) is 2.48. The molecule has 0 aliphatic carbocycles. The van der Waals surface area contributed by atoms with Crippen molar-refractivity contribution in [2.75, 3.05) is 52.5 Å². The Morgan fingerprint density at radius 2 is 1.80 bits per heavy atom. The van der Waals surface area contributed by atoms with Crippen molar-refractivity contribution in [1.29, 1.82) is 0 Å². The number of rotatable bonds is 9. The lowest BCUT2D eigenvalue weighted by molar-refractivity contribution is 0.0374. The number of hydrogen-bond acceptors (Lipinski definition) is 4.